The van der Waals surface area contributed by atoms with E-state index in [1.807, 2.05) is 25.1 Å². The zero-order valence-corrected chi connectivity index (χ0v) is 11.2. The van der Waals surface area contributed by atoms with Gasteiger partial charge in [-0.1, -0.05) is 0 Å². The van der Waals surface area contributed by atoms with Crippen LogP contribution in [0.5, 0.6) is 0 Å². The predicted molar refractivity (Wildman–Crippen MR) is 74.9 cm³/mol. The number of fused-ring (bicyclic) bond motifs is 1. The van der Waals surface area contributed by atoms with Gasteiger partial charge in [-0.2, -0.15) is 5.10 Å². The highest BCUT2D eigenvalue weighted by Gasteiger charge is 2.20. The smallest absolute Gasteiger partial charge is 0.338 e. The molecular weight excluding hydrogens is 254 g/mol. The Morgan fingerprint density at radius 1 is 1.30 bits per heavy atom. The predicted octanol–water partition coefficient (Wildman–Crippen LogP) is 2.71. The Morgan fingerprint density at radius 3 is 2.80 bits per heavy atom. The molecule has 5 nitrogen and oxygen atoms in total. The molecule has 0 amide bonds. The highest BCUT2D eigenvalue weighted by Crippen LogP contribution is 2.30. The van der Waals surface area contributed by atoms with Crippen LogP contribution in [0.4, 0.5) is 0 Å². The number of hydrogen-bond acceptors (Lipinski definition) is 3. The van der Waals surface area contributed by atoms with Crippen LogP contribution >= 0.6 is 0 Å². The van der Waals surface area contributed by atoms with Gasteiger partial charge in [-0.05, 0) is 37.6 Å². The summed E-state index contributed by atoms with van der Waals surface area (Å²) in [5, 5.41) is 13.8. The number of pyridine rings is 1. The molecule has 0 saturated heterocycles. The van der Waals surface area contributed by atoms with Crippen LogP contribution in [0.25, 0.3) is 16.6 Å². The molecule has 0 aromatic carbocycles. The maximum absolute atomic E-state index is 11.6. The van der Waals surface area contributed by atoms with E-state index in [2.05, 4.69) is 10.1 Å². The first-order valence-electron chi connectivity index (χ1n) is 6.21. The minimum absolute atomic E-state index is 0.226. The van der Waals surface area contributed by atoms with Crippen LogP contribution in [0.1, 0.15) is 21.6 Å². The summed E-state index contributed by atoms with van der Waals surface area (Å²) in [5.41, 5.74) is 3.91. The third-order valence-corrected chi connectivity index (χ3v) is 3.23. The van der Waals surface area contributed by atoms with E-state index in [0.29, 0.717) is 11.3 Å². The van der Waals surface area contributed by atoms with Crippen molar-refractivity contribution in [2.45, 2.75) is 13.8 Å². The molecule has 20 heavy (non-hydrogen) atoms. The zero-order chi connectivity index (χ0) is 14.3. The van der Waals surface area contributed by atoms with Gasteiger partial charge in [0.1, 0.15) is 0 Å². The van der Waals surface area contributed by atoms with Gasteiger partial charge < -0.3 is 5.11 Å². The lowest BCUT2D eigenvalue weighted by molar-refractivity contribution is 0.0696. The van der Waals surface area contributed by atoms with Crippen molar-refractivity contribution in [1.29, 1.82) is 0 Å². The molecule has 0 saturated carbocycles. The Hall–Kier alpha value is -2.69. The maximum atomic E-state index is 11.6. The molecule has 0 bridgehead atoms. The number of rotatable bonds is 2. The van der Waals surface area contributed by atoms with E-state index in [1.165, 1.54) is 0 Å². The Balaban J connectivity index is 2.45. The summed E-state index contributed by atoms with van der Waals surface area (Å²) < 4.78 is 1.69. The largest absolute Gasteiger partial charge is 0.478 e. The maximum Gasteiger partial charge on any atom is 0.338 e. The molecule has 0 aliphatic rings. The lowest BCUT2D eigenvalue weighted by atomic mass is 9.99. The van der Waals surface area contributed by atoms with Gasteiger partial charge in [0.15, 0.2) is 0 Å². The number of aromatic nitrogens is 3. The van der Waals surface area contributed by atoms with E-state index >= 15 is 0 Å². The number of carboxylic acids is 1. The number of carboxylic acid groups (broad SMARTS) is 1. The van der Waals surface area contributed by atoms with E-state index in [-0.39, 0.29) is 5.56 Å². The fraction of sp³-hybridized carbons (Fsp3) is 0.133. The summed E-state index contributed by atoms with van der Waals surface area (Å²) in [6.07, 6.45) is 5.23. The summed E-state index contributed by atoms with van der Waals surface area (Å²) in [4.78, 5) is 15.8. The molecule has 5 heteroatoms. The molecule has 0 fully saturated rings. The van der Waals surface area contributed by atoms with E-state index in [9.17, 15) is 9.90 Å². The number of nitrogens with zero attached hydrogens (tertiary/aromatic N) is 3. The fourth-order valence-corrected chi connectivity index (χ4v) is 2.42. The van der Waals surface area contributed by atoms with Crippen LogP contribution in [0.3, 0.4) is 0 Å². The van der Waals surface area contributed by atoms with Crippen molar-refractivity contribution in [3.05, 3.63) is 53.6 Å². The summed E-state index contributed by atoms with van der Waals surface area (Å²) in [7, 11) is 0. The van der Waals surface area contributed by atoms with Crippen LogP contribution in [0, 0.1) is 13.8 Å². The molecule has 3 aromatic heterocycles. The Kier molecular flexibility index (Phi) is 2.75. The van der Waals surface area contributed by atoms with Crippen LogP contribution in [-0.4, -0.2) is 25.7 Å². The average molecular weight is 267 g/mol. The van der Waals surface area contributed by atoms with Gasteiger partial charge in [0.25, 0.3) is 0 Å². The Morgan fingerprint density at radius 2 is 2.10 bits per heavy atom. The van der Waals surface area contributed by atoms with E-state index in [0.717, 1.165) is 16.6 Å². The van der Waals surface area contributed by atoms with Crippen molar-refractivity contribution < 1.29 is 9.90 Å². The number of hydrogen-bond donors (Lipinski definition) is 1. The van der Waals surface area contributed by atoms with Gasteiger partial charge in [0, 0.05) is 29.7 Å². The molecule has 100 valence electrons. The first-order valence-corrected chi connectivity index (χ1v) is 6.21. The molecular formula is C15H13N3O2. The summed E-state index contributed by atoms with van der Waals surface area (Å²) in [5.74, 6) is -0.977. The van der Waals surface area contributed by atoms with Crippen molar-refractivity contribution in [2.75, 3.05) is 0 Å². The molecule has 0 aliphatic heterocycles. The van der Waals surface area contributed by atoms with Gasteiger partial charge in [-0.3, -0.25) is 4.98 Å². The van der Waals surface area contributed by atoms with Crippen LogP contribution in [0.2, 0.25) is 0 Å². The second-order valence-electron chi connectivity index (χ2n) is 4.73. The van der Waals surface area contributed by atoms with E-state index in [4.69, 9.17) is 0 Å². The average Bonchev–Trinajstić information content (AvgIpc) is 2.84. The Bertz CT molecular complexity index is 821. The number of carbonyl (C=O) groups is 1. The summed E-state index contributed by atoms with van der Waals surface area (Å²) in [6.45, 7) is 3.63. The highest BCUT2D eigenvalue weighted by atomic mass is 16.4. The lowest BCUT2D eigenvalue weighted by Gasteiger charge is -2.11. The fourth-order valence-electron chi connectivity index (χ4n) is 2.42. The van der Waals surface area contributed by atoms with Crippen LogP contribution in [0.15, 0.2) is 36.8 Å². The first kappa shape index (κ1) is 12.3. The van der Waals surface area contributed by atoms with Crippen LogP contribution < -0.4 is 0 Å². The van der Waals surface area contributed by atoms with Crippen molar-refractivity contribution >= 4 is 11.5 Å². The Labute approximate surface area is 115 Å². The number of aryl methyl sites for hydroxylation is 2. The topological polar surface area (TPSA) is 67.5 Å². The summed E-state index contributed by atoms with van der Waals surface area (Å²) in [6, 6.07) is 5.64. The van der Waals surface area contributed by atoms with Crippen molar-refractivity contribution in [3.63, 3.8) is 0 Å². The van der Waals surface area contributed by atoms with Crippen molar-refractivity contribution in [3.8, 4) is 11.1 Å². The monoisotopic (exact) mass is 267 g/mol. The van der Waals surface area contributed by atoms with E-state index in [1.54, 1.807) is 30.0 Å². The molecule has 3 heterocycles. The molecule has 0 atom stereocenters. The second kappa shape index (κ2) is 4.45. The normalized spacial score (nSPS) is 10.9. The molecule has 3 aromatic rings. The van der Waals surface area contributed by atoms with Gasteiger partial charge in [0.2, 0.25) is 0 Å². The molecule has 1 N–H and O–H groups in total. The highest BCUT2D eigenvalue weighted by molar-refractivity contribution is 6.01. The van der Waals surface area contributed by atoms with Gasteiger partial charge in [0.05, 0.1) is 16.8 Å². The SMILES string of the molecule is Cc1cncc(-c2c(C(=O)O)c(C)nn3cccc23)c1. The zero-order valence-electron chi connectivity index (χ0n) is 11.2. The third-order valence-electron chi connectivity index (χ3n) is 3.23. The first-order chi connectivity index (χ1) is 9.58. The van der Waals surface area contributed by atoms with Crippen molar-refractivity contribution in [1.82, 2.24) is 14.6 Å². The van der Waals surface area contributed by atoms with Gasteiger partial charge in [-0.25, -0.2) is 9.31 Å². The third kappa shape index (κ3) is 1.84. The second-order valence-corrected chi connectivity index (χ2v) is 4.73. The molecule has 0 spiro atoms. The van der Waals surface area contributed by atoms with Crippen molar-refractivity contribution in [2.24, 2.45) is 0 Å². The minimum atomic E-state index is -0.977. The molecule has 3 rings (SSSR count). The van der Waals surface area contributed by atoms with Crippen LogP contribution in [-0.2, 0) is 0 Å². The quantitative estimate of drug-likeness (QED) is 0.775. The molecule has 0 aliphatic carbocycles. The minimum Gasteiger partial charge on any atom is -0.478 e. The number of aromatic carboxylic acids is 1. The van der Waals surface area contributed by atoms with E-state index < -0.39 is 5.97 Å². The lowest BCUT2D eigenvalue weighted by Crippen LogP contribution is -2.08. The van der Waals surface area contributed by atoms with Gasteiger partial charge >= 0.3 is 5.97 Å². The van der Waals surface area contributed by atoms with Gasteiger partial charge in [-0.15, -0.1) is 0 Å². The standard InChI is InChI=1S/C15H13N3O2/c1-9-6-11(8-16-7-9)14-12-4-3-5-18(12)17-10(2)13(14)15(19)20/h3-8H,1-2H3,(H,19,20). The summed E-state index contributed by atoms with van der Waals surface area (Å²) >= 11 is 0. The molecule has 0 unspecified atom stereocenters. The molecule has 0 radical (unpaired) electrons.